The quantitative estimate of drug-likeness (QED) is 0.339. The van der Waals surface area contributed by atoms with Crippen molar-refractivity contribution >= 4 is 29.2 Å². The molecule has 2 aliphatic heterocycles. The molecule has 3 aromatic rings. The summed E-state index contributed by atoms with van der Waals surface area (Å²) in [5.41, 5.74) is 2.89. The third kappa shape index (κ3) is 5.01. The number of nitrogens with zero attached hydrogens (tertiary/aromatic N) is 1. The number of anilines is 2. The summed E-state index contributed by atoms with van der Waals surface area (Å²) in [5.74, 6) is -1.61. The number of amides is 3. The van der Waals surface area contributed by atoms with Crippen LogP contribution in [0.15, 0.2) is 55.3 Å². The zero-order valence-electron chi connectivity index (χ0n) is 19.4. The maximum atomic E-state index is 14.0. The molecule has 2 aliphatic rings. The van der Waals surface area contributed by atoms with Gasteiger partial charge in [-0.3, -0.25) is 14.4 Å². The summed E-state index contributed by atoms with van der Waals surface area (Å²) in [6.45, 7) is 5.66. The summed E-state index contributed by atoms with van der Waals surface area (Å²) in [5, 5.41) is 11.5. The molecule has 0 aliphatic carbocycles. The van der Waals surface area contributed by atoms with Gasteiger partial charge < -0.3 is 26.3 Å². The van der Waals surface area contributed by atoms with Crippen LogP contribution in [0.2, 0.25) is 0 Å². The molecular weight excluding hydrogens is 475 g/mol. The Morgan fingerprint density at radius 1 is 1.14 bits per heavy atom. The monoisotopic (exact) mass is 504 g/mol. The molecule has 2 aromatic heterocycles. The van der Waals surface area contributed by atoms with Gasteiger partial charge in [-0.25, -0.2) is 9.37 Å². The van der Waals surface area contributed by atoms with Crippen LogP contribution in [0.3, 0.4) is 0 Å². The van der Waals surface area contributed by atoms with E-state index in [4.69, 9.17) is 0 Å². The second-order valence-electron chi connectivity index (χ2n) is 8.99. The molecule has 0 saturated carbocycles. The average Bonchev–Trinajstić information content (AvgIpc) is 3.36. The van der Waals surface area contributed by atoms with Crippen LogP contribution < -0.4 is 21.3 Å². The topological polar surface area (TPSA) is 128 Å². The van der Waals surface area contributed by atoms with Gasteiger partial charge in [0.15, 0.2) is 0 Å². The van der Waals surface area contributed by atoms with E-state index in [1.54, 1.807) is 18.3 Å². The van der Waals surface area contributed by atoms with Crippen LogP contribution in [0.5, 0.6) is 0 Å². The zero-order chi connectivity index (χ0) is 25.3. The molecule has 192 valence electrons. The van der Waals surface area contributed by atoms with E-state index in [9.17, 15) is 18.8 Å². The molecule has 10 heteroatoms. The van der Waals surface area contributed by atoms with E-state index in [1.165, 1.54) is 12.1 Å². The molecule has 0 radical (unpaired) electrons. The van der Waals surface area contributed by atoms with Crippen molar-refractivity contribution in [2.24, 2.45) is 0 Å². The first-order chi connectivity index (χ1) is 17.4. The summed E-state index contributed by atoms with van der Waals surface area (Å²) in [6.07, 6.45) is 4.56. The minimum absolute atomic E-state index is 0. The number of aromatic nitrogens is 2. The largest absolute Gasteiger partial charge is 0.357 e. The highest BCUT2D eigenvalue weighted by molar-refractivity contribution is 6.06. The average molecular weight is 505 g/mol. The molecule has 5 N–H and O–H groups in total. The Morgan fingerprint density at radius 2 is 1.97 bits per heavy atom. The maximum Gasteiger partial charge on any atom is 0.256 e. The molecule has 1 atom stereocenters. The third-order valence-corrected chi connectivity index (χ3v) is 6.64. The van der Waals surface area contributed by atoms with E-state index in [0.717, 1.165) is 55.0 Å². The van der Waals surface area contributed by atoms with E-state index in [0.29, 0.717) is 12.1 Å². The Labute approximate surface area is 214 Å². The van der Waals surface area contributed by atoms with Gasteiger partial charge in [0, 0.05) is 47.2 Å². The second-order valence-corrected chi connectivity index (χ2v) is 8.99. The van der Waals surface area contributed by atoms with Gasteiger partial charge in [0.1, 0.15) is 11.6 Å². The first kappa shape index (κ1) is 25.8. The summed E-state index contributed by atoms with van der Waals surface area (Å²) in [7, 11) is 0. The van der Waals surface area contributed by atoms with Gasteiger partial charge in [-0.1, -0.05) is 14.0 Å². The van der Waals surface area contributed by atoms with Crippen molar-refractivity contribution in [3.8, 4) is 11.3 Å². The normalized spacial score (nSPS) is 18.2. The molecule has 4 heterocycles. The van der Waals surface area contributed by atoms with Crippen LogP contribution in [-0.2, 0) is 10.2 Å². The molecular formula is C27H29FN6O3. The molecule has 1 fully saturated rings. The van der Waals surface area contributed by atoms with Crippen molar-refractivity contribution in [2.45, 2.75) is 25.7 Å². The molecule has 1 saturated heterocycles. The fourth-order valence-electron chi connectivity index (χ4n) is 4.77. The maximum absolute atomic E-state index is 14.0. The number of halogens is 1. The first-order valence-electron chi connectivity index (χ1n) is 11.6. The lowest BCUT2D eigenvalue weighted by Gasteiger charge is -2.40. The smallest absolute Gasteiger partial charge is 0.256 e. The summed E-state index contributed by atoms with van der Waals surface area (Å²) >= 11 is 0. The number of rotatable bonds is 5. The lowest BCUT2D eigenvalue weighted by Crippen LogP contribution is -2.54. The number of carbonyl (C=O) groups excluding carboxylic acids is 3. The minimum atomic E-state index is -0.674. The van der Waals surface area contributed by atoms with Crippen LogP contribution in [0, 0.1) is 5.82 Å². The van der Waals surface area contributed by atoms with Gasteiger partial charge >= 0.3 is 0 Å². The van der Waals surface area contributed by atoms with E-state index in [-0.39, 0.29) is 35.8 Å². The number of carbonyl (C=O) groups is 3. The fourth-order valence-corrected chi connectivity index (χ4v) is 4.77. The van der Waals surface area contributed by atoms with Crippen LogP contribution in [0.4, 0.5) is 15.9 Å². The minimum Gasteiger partial charge on any atom is -0.357 e. The van der Waals surface area contributed by atoms with Gasteiger partial charge in [-0.2, -0.15) is 0 Å². The lowest BCUT2D eigenvalue weighted by atomic mass is 9.74. The Balaban J connectivity index is 0.00000320. The first-order valence-corrected chi connectivity index (χ1v) is 11.6. The molecule has 3 amide bonds. The fraction of sp³-hybridized carbons (Fsp3) is 0.259. The highest BCUT2D eigenvalue weighted by Gasteiger charge is 2.42. The SMILES string of the molecule is C.C=CC(=O)Nc1cc(C(=O)Nc2cc(-c3cc4c([nH]3)C3(CCCNC3)CNC4=O)ccn2)ccc1F. The predicted molar refractivity (Wildman–Crippen MR) is 140 cm³/mol. The zero-order valence-corrected chi connectivity index (χ0v) is 19.4. The lowest BCUT2D eigenvalue weighted by molar-refractivity contribution is -0.111. The molecule has 5 rings (SSSR count). The van der Waals surface area contributed by atoms with Crippen molar-refractivity contribution in [1.29, 1.82) is 0 Å². The standard InChI is InChI=1S/C26H25FN6O3.CH4/c1-2-22(34)31-20-10-16(4-5-18(20)27)24(35)33-21-11-15(6-9-29-21)19-12-17-23(32-19)26(14-30-25(17)36)7-3-8-28-13-26;/h2,4-6,9-12,28,32H,1,3,7-8,13-14H2,(H,30,36)(H,31,34)(H,29,33,35);1H4. The number of hydrogen-bond acceptors (Lipinski definition) is 5. The van der Waals surface area contributed by atoms with Crippen LogP contribution in [-0.4, -0.2) is 47.3 Å². The summed E-state index contributed by atoms with van der Waals surface area (Å²) < 4.78 is 14.0. The Kier molecular flexibility index (Phi) is 7.21. The number of piperidine rings is 1. The summed E-state index contributed by atoms with van der Waals surface area (Å²) in [4.78, 5) is 44.6. The molecule has 1 aromatic carbocycles. The van der Waals surface area contributed by atoms with Gasteiger partial charge in [0.05, 0.1) is 11.3 Å². The molecule has 0 bridgehead atoms. The number of H-pyrrole nitrogens is 1. The highest BCUT2D eigenvalue weighted by atomic mass is 19.1. The van der Waals surface area contributed by atoms with Crippen molar-refractivity contribution < 1.29 is 18.8 Å². The Morgan fingerprint density at radius 3 is 2.73 bits per heavy atom. The van der Waals surface area contributed by atoms with Crippen molar-refractivity contribution in [3.05, 3.63) is 77.9 Å². The van der Waals surface area contributed by atoms with Gasteiger partial charge in [-0.15, -0.1) is 0 Å². The molecule has 1 spiro atoms. The van der Waals surface area contributed by atoms with Crippen molar-refractivity contribution in [3.63, 3.8) is 0 Å². The van der Waals surface area contributed by atoms with E-state index in [1.807, 2.05) is 6.07 Å². The van der Waals surface area contributed by atoms with Crippen molar-refractivity contribution in [2.75, 3.05) is 30.3 Å². The van der Waals surface area contributed by atoms with E-state index in [2.05, 4.69) is 37.8 Å². The Bertz CT molecular complexity index is 1380. The number of pyridine rings is 1. The Hall–Kier alpha value is -4.31. The number of fused-ring (bicyclic) bond motifs is 2. The van der Waals surface area contributed by atoms with Gasteiger partial charge in [-0.05, 0) is 61.9 Å². The van der Waals surface area contributed by atoms with E-state index < -0.39 is 17.6 Å². The van der Waals surface area contributed by atoms with Crippen molar-refractivity contribution in [1.82, 2.24) is 20.6 Å². The predicted octanol–water partition coefficient (Wildman–Crippen LogP) is 3.59. The molecule has 9 nitrogen and oxygen atoms in total. The number of hydrogen-bond donors (Lipinski definition) is 5. The van der Waals surface area contributed by atoms with Crippen LogP contribution >= 0.6 is 0 Å². The van der Waals surface area contributed by atoms with Crippen LogP contribution in [0.1, 0.15) is 46.7 Å². The number of nitrogens with one attached hydrogen (secondary N) is 5. The third-order valence-electron chi connectivity index (χ3n) is 6.64. The molecule has 1 unspecified atom stereocenters. The van der Waals surface area contributed by atoms with Gasteiger partial charge in [0.2, 0.25) is 5.91 Å². The van der Waals surface area contributed by atoms with Gasteiger partial charge in [0.25, 0.3) is 11.8 Å². The second kappa shape index (κ2) is 10.4. The van der Waals surface area contributed by atoms with Crippen LogP contribution in [0.25, 0.3) is 11.3 Å². The number of benzene rings is 1. The number of aromatic amines is 1. The highest BCUT2D eigenvalue weighted by Crippen LogP contribution is 2.37. The molecule has 37 heavy (non-hydrogen) atoms. The summed E-state index contributed by atoms with van der Waals surface area (Å²) in [6, 6.07) is 8.97. The van der Waals surface area contributed by atoms with E-state index >= 15 is 0 Å².